The molecule has 1 aliphatic rings. The molecule has 29 heavy (non-hydrogen) atoms. The first kappa shape index (κ1) is 23.7. The fraction of sp³-hybridized carbons (Fsp3) is 0.706. The maximum Gasteiger partial charge on any atom is 0.433 e. The van der Waals surface area contributed by atoms with Gasteiger partial charge in [0.25, 0.3) is 0 Å². The van der Waals surface area contributed by atoms with Gasteiger partial charge in [-0.25, -0.2) is 4.98 Å². The van der Waals surface area contributed by atoms with E-state index in [9.17, 15) is 44.6 Å². The maximum absolute atomic E-state index is 13.1. The number of aliphatic hydroxyl groups is 1. The second-order valence-electron chi connectivity index (χ2n) is 7.06. The number of nitrogens with zero attached hydrogens (tertiary/aromatic N) is 2. The smallest absolute Gasteiger partial charge is 0.382 e. The minimum absolute atomic E-state index is 0.101. The molecule has 1 N–H and O–H groups in total. The van der Waals surface area contributed by atoms with Crippen LogP contribution in [0.5, 0.6) is 0 Å². The second-order valence-corrected chi connectivity index (χ2v) is 7.06. The molecular formula is C17H19F9N2O. The van der Waals surface area contributed by atoms with E-state index in [-0.39, 0.29) is 25.0 Å². The summed E-state index contributed by atoms with van der Waals surface area (Å²) in [6.07, 6.45) is -17.6. The van der Waals surface area contributed by atoms with Crippen LogP contribution in [0.15, 0.2) is 18.2 Å². The molecule has 0 aromatic carbocycles. The topological polar surface area (TPSA) is 36.4 Å². The Balaban J connectivity index is 2.26. The van der Waals surface area contributed by atoms with Gasteiger partial charge in [0, 0.05) is 19.1 Å². The third kappa shape index (κ3) is 6.73. The molecule has 2 rings (SSSR count). The Hall–Kier alpha value is -1.56. The van der Waals surface area contributed by atoms with Crippen LogP contribution in [0.2, 0.25) is 0 Å². The van der Waals surface area contributed by atoms with E-state index < -0.39 is 61.8 Å². The van der Waals surface area contributed by atoms with Crippen molar-refractivity contribution in [2.45, 2.75) is 62.9 Å². The van der Waals surface area contributed by atoms with Gasteiger partial charge in [0.05, 0.1) is 11.6 Å². The van der Waals surface area contributed by atoms with Gasteiger partial charge in [0.15, 0.2) is 6.10 Å². The van der Waals surface area contributed by atoms with Gasteiger partial charge in [-0.15, -0.1) is 0 Å². The highest BCUT2D eigenvalue weighted by atomic mass is 19.4. The van der Waals surface area contributed by atoms with Gasteiger partial charge < -0.3 is 5.11 Å². The molecule has 3 atom stereocenters. The minimum atomic E-state index is -5.02. The highest BCUT2D eigenvalue weighted by molar-refractivity contribution is 5.14. The van der Waals surface area contributed by atoms with Gasteiger partial charge in [0.2, 0.25) is 0 Å². The van der Waals surface area contributed by atoms with E-state index in [1.54, 1.807) is 0 Å². The van der Waals surface area contributed by atoms with Crippen molar-refractivity contribution in [1.82, 2.24) is 9.88 Å². The zero-order valence-corrected chi connectivity index (χ0v) is 15.0. The summed E-state index contributed by atoms with van der Waals surface area (Å²) in [6, 6.07) is 1.86. The number of halogens is 9. The normalized spacial score (nSPS) is 22.7. The summed E-state index contributed by atoms with van der Waals surface area (Å²) < 4.78 is 116. The minimum Gasteiger partial charge on any atom is -0.382 e. The quantitative estimate of drug-likeness (QED) is 0.662. The highest BCUT2D eigenvalue weighted by Gasteiger charge is 2.45. The second kappa shape index (κ2) is 8.66. The van der Waals surface area contributed by atoms with Crippen LogP contribution in [-0.4, -0.2) is 46.0 Å². The van der Waals surface area contributed by atoms with E-state index in [1.165, 1.54) is 0 Å². The van der Waals surface area contributed by atoms with Gasteiger partial charge in [-0.3, -0.25) is 4.90 Å². The van der Waals surface area contributed by atoms with Crippen LogP contribution >= 0.6 is 0 Å². The molecule has 1 fully saturated rings. The summed E-state index contributed by atoms with van der Waals surface area (Å²) in [5.41, 5.74) is -1.51. The summed E-state index contributed by atoms with van der Waals surface area (Å²) in [4.78, 5) is 4.31. The van der Waals surface area contributed by atoms with Crippen molar-refractivity contribution in [1.29, 1.82) is 0 Å². The summed E-state index contributed by atoms with van der Waals surface area (Å²) in [7, 11) is 0. The zero-order valence-electron chi connectivity index (χ0n) is 15.0. The molecule has 1 aromatic heterocycles. The first-order valence-corrected chi connectivity index (χ1v) is 8.76. The van der Waals surface area contributed by atoms with Gasteiger partial charge in [-0.2, -0.15) is 39.5 Å². The third-order valence-corrected chi connectivity index (χ3v) is 4.87. The van der Waals surface area contributed by atoms with E-state index in [2.05, 4.69) is 4.98 Å². The van der Waals surface area contributed by atoms with Crippen LogP contribution in [0.1, 0.15) is 37.1 Å². The number of aromatic nitrogens is 1. The molecule has 1 saturated carbocycles. The average molecular weight is 438 g/mol. The van der Waals surface area contributed by atoms with Crippen LogP contribution in [0.3, 0.4) is 0 Å². The lowest BCUT2D eigenvalue weighted by atomic mass is 9.84. The number of pyridine rings is 1. The zero-order chi connectivity index (χ0) is 22.0. The maximum atomic E-state index is 13.1. The van der Waals surface area contributed by atoms with Crippen LogP contribution in [0.25, 0.3) is 0 Å². The number of hydrogen-bond donors (Lipinski definition) is 1. The van der Waals surface area contributed by atoms with Crippen LogP contribution in [-0.2, 0) is 12.7 Å². The summed E-state index contributed by atoms with van der Waals surface area (Å²) >= 11 is 0. The average Bonchev–Trinajstić information content (AvgIpc) is 2.59. The molecule has 0 spiro atoms. The number of hydrogen-bond acceptors (Lipinski definition) is 3. The Morgan fingerprint density at radius 1 is 1.03 bits per heavy atom. The number of aliphatic hydroxyl groups excluding tert-OH is 1. The fourth-order valence-electron chi connectivity index (χ4n) is 3.39. The van der Waals surface area contributed by atoms with E-state index in [0.29, 0.717) is 6.07 Å². The summed E-state index contributed by atoms with van der Waals surface area (Å²) in [5, 5.41) is 9.39. The van der Waals surface area contributed by atoms with Crippen molar-refractivity contribution in [3.05, 3.63) is 29.6 Å². The fourth-order valence-corrected chi connectivity index (χ4v) is 3.39. The van der Waals surface area contributed by atoms with Gasteiger partial charge in [-0.1, -0.05) is 12.5 Å². The van der Waals surface area contributed by atoms with Crippen molar-refractivity contribution in [2.24, 2.45) is 5.92 Å². The summed E-state index contributed by atoms with van der Waals surface area (Å²) in [5.74, 6) is -1.72. The van der Waals surface area contributed by atoms with Gasteiger partial charge >= 0.3 is 18.5 Å². The number of alkyl halides is 9. The van der Waals surface area contributed by atoms with Crippen molar-refractivity contribution < 1.29 is 44.6 Å². The Morgan fingerprint density at radius 3 is 2.24 bits per heavy atom. The first-order chi connectivity index (χ1) is 13.2. The predicted octanol–water partition coefficient (Wildman–Crippen LogP) is 4.95. The Labute approximate surface area is 160 Å². The summed E-state index contributed by atoms with van der Waals surface area (Å²) in [6.45, 7) is -1.61. The lowest BCUT2D eigenvalue weighted by Crippen LogP contribution is -2.48. The van der Waals surface area contributed by atoms with E-state index in [1.807, 2.05) is 0 Å². The molecule has 166 valence electrons. The largest absolute Gasteiger partial charge is 0.433 e. The van der Waals surface area contributed by atoms with E-state index >= 15 is 0 Å². The van der Waals surface area contributed by atoms with Crippen molar-refractivity contribution in [3.63, 3.8) is 0 Å². The molecule has 12 heteroatoms. The molecule has 0 bridgehead atoms. The molecule has 0 saturated heterocycles. The van der Waals surface area contributed by atoms with Crippen LogP contribution < -0.4 is 0 Å². The Morgan fingerprint density at radius 2 is 1.69 bits per heavy atom. The molecule has 0 amide bonds. The molecule has 3 unspecified atom stereocenters. The number of rotatable bonds is 5. The molecule has 1 heterocycles. The molecule has 1 aromatic rings. The standard InChI is InChI=1S/C17H19F9N2O/c18-15(19,20)10-3-1-5-12(7-10)28(9-14(29)17(24,25)26)8-11-4-2-6-13(27-11)16(21,22)23/h2,4,6,10,12,14,29H,1,3,5,7-9H2. The Kier molecular flexibility index (Phi) is 7.09. The molecule has 3 nitrogen and oxygen atoms in total. The molecule has 0 radical (unpaired) electrons. The van der Waals surface area contributed by atoms with Gasteiger partial charge in [0.1, 0.15) is 5.69 Å². The van der Waals surface area contributed by atoms with E-state index in [4.69, 9.17) is 0 Å². The van der Waals surface area contributed by atoms with Crippen molar-refractivity contribution in [2.75, 3.05) is 6.54 Å². The Bertz CT molecular complexity index is 672. The first-order valence-electron chi connectivity index (χ1n) is 8.76. The van der Waals surface area contributed by atoms with E-state index in [0.717, 1.165) is 17.0 Å². The lowest BCUT2D eigenvalue weighted by molar-refractivity contribution is -0.213. The molecule has 1 aliphatic carbocycles. The van der Waals surface area contributed by atoms with Crippen molar-refractivity contribution >= 4 is 0 Å². The molecule has 0 aliphatic heterocycles. The molecular weight excluding hydrogens is 419 g/mol. The lowest BCUT2D eigenvalue weighted by Gasteiger charge is -2.39. The van der Waals surface area contributed by atoms with Gasteiger partial charge in [-0.05, 0) is 31.4 Å². The predicted molar refractivity (Wildman–Crippen MR) is 83.5 cm³/mol. The van der Waals surface area contributed by atoms with Crippen LogP contribution in [0.4, 0.5) is 39.5 Å². The third-order valence-electron chi connectivity index (χ3n) is 4.87. The SMILES string of the molecule is OC(CN(Cc1cccc(C(F)(F)F)n1)C1CCCC(C(F)(F)F)C1)C(F)(F)F. The van der Waals surface area contributed by atoms with Crippen molar-refractivity contribution in [3.8, 4) is 0 Å². The highest BCUT2D eigenvalue weighted by Crippen LogP contribution is 2.39. The monoisotopic (exact) mass is 438 g/mol. The van der Waals surface area contributed by atoms with Crippen LogP contribution in [0, 0.1) is 5.92 Å².